The van der Waals surface area contributed by atoms with Crippen molar-refractivity contribution in [1.29, 1.82) is 0 Å². The van der Waals surface area contributed by atoms with E-state index >= 15 is 0 Å². The van der Waals surface area contributed by atoms with E-state index in [9.17, 15) is 17.6 Å². The van der Waals surface area contributed by atoms with Crippen molar-refractivity contribution >= 4 is 0 Å². The van der Waals surface area contributed by atoms with Crippen LogP contribution < -0.4 is 5.32 Å². The molecule has 0 aliphatic heterocycles. The van der Waals surface area contributed by atoms with Gasteiger partial charge in [0.05, 0.1) is 5.56 Å². The van der Waals surface area contributed by atoms with Crippen LogP contribution in [-0.4, -0.2) is 7.05 Å². The van der Waals surface area contributed by atoms with Gasteiger partial charge in [-0.1, -0.05) is 26.3 Å². The lowest BCUT2D eigenvalue weighted by molar-refractivity contribution is -0.140. The van der Waals surface area contributed by atoms with Crippen molar-refractivity contribution < 1.29 is 17.6 Å². The van der Waals surface area contributed by atoms with E-state index in [0.29, 0.717) is 5.56 Å². The first kappa shape index (κ1) is 15.0. The lowest BCUT2D eigenvalue weighted by Crippen LogP contribution is -2.23. The summed E-state index contributed by atoms with van der Waals surface area (Å²) in [6.45, 7) is 3.95. The van der Waals surface area contributed by atoms with Crippen LogP contribution in [0, 0.1) is 11.7 Å². The van der Waals surface area contributed by atoms with E-state index in [4.69, 9.17) is 0 Å². The summed E-state index contributed by atoms with van der Waals surface area (Å²) in [5.74, 6) is -1.00. The second-order valence-electron chi connectivity index (χ2n) is 4.39. The second kappa shape index (κ2) is 5.69. The van der Waals surface area contributed by atoms with Gasteiger partial charge in [0.2, 0.25) is 0 Å². The van der Waals surface area contributed by atoms with E-state index in [-0.39, 0.29) is 12.0 Å². The van der Waals surface area contributed by atoms with Gasteiger partial charge in [-0.05, 0) is 30.7 Å². The highest BCUT2D eigenvalue weighted by Crippen LogP contribution is 2.33. The summed E-state index contributed by atoms with van der Waals surface area (Å²) in [7, 11) is 1.71. The average Bonchev–Trinajstić information content (AvgIpc) is 2.28. The van der Waals surface area contributed by atoms with E-state index in [2.05, 4.69) is 5.32 Å². The fourth-order valence-corrected chi connectivity index (χ4v) is 1.97. The molecule has 18 heavy (non-hydrogen) atoms. The van der Waals surface area contributed by atoms with Crippen molar-refractivity contribution in [3.63, 3.8) is 0 Å². The maximum Gasteiger partial charge on any atom is 0.419 e. The molecule has 1 rings (SSSR count). The molecular weight excluding hydrogens is 246 g/mol. The normalized spacial score (nSPS) is 15.5. The van der Waals surface area contributed by atoms with Gasteiger partial charge in [-0.2, -0.15) is 13.2 Å². The molecule has 0 fully saturated rings. The van der Waals surface area contributed by atoms with E-state index in [0.717, 1.165) is 18.6 Å². The van der Waals surface area contributed by atoms with Crippen molar-refractivity contribution in [2.45, 2.75) is 32.5 Å². The van der Waals surface area contributed by atoms with Crippen LogP contribution in [0.2, 0.25) is 0 Å². The third-order valence-corrected chi connectivity index (χ3v) is 3.18. The van der Waals surface area contributed by atoms with Crippen LogP contribution >= 0.6 is 0 Å². The monoisotopic (exact) mass is 263 g/mol. The molecule has 1 N–H and O–H groups in total. The first-order chi connectivity index (χ1) is 8.31. The van der Waals surface area contributed by atoms with Crippen molar-refractivity contribution in [2.75, 3.05) is 7.05 Å². The predicted octanol–water partition coefficient (Wildman–Crippen LogP) is 4.15. The first-order valence-corrected chi connectivity index (χ1v) is 5.85. The SMILES string of the molecule is CCC(C)C(NC)c1ccc(C(F)(F)F)c(F)c1. The van der Waals surface area contributed by atoms with Gasteiger partial charge in [0, 0.05) is 6.04 Å². The average molecular weight is 263 g/mol. The van der Waals surface area contributed by atoms with E-state index < -0.39 is 17.6 Å². The summed E-state index contributed by atoms with van der Waals surface area (Å²) in [6, 6.07) is 2.96. The Hall–Kier alpha value is -1.10. The molecule has 2 unspecified atom stereocenters. The third kappa shape index (κ3) is 3.22. The maximum absolute atomic E-state index is 13.5. The zero-order valence-corrected chi connectivity index (χ0v) is 10.6. The first-order valence-electron chi connectivity index (χ1n) is 5.85. The standard InChI is InChI=1S/C13H17F4N/c1-4-8(2)12(18-3)9-5-6-10(11(14)7-9)13(15,16)17/h5-8,12,18H,4H2,1-3H3. The largest absolute Gasteiger partial charge is 0.419 e. The maximum atomic E-state index is 13.5. The molecule has 0 aliphatic carbocycles. The Kier molecular flexibility index (Phi) is 4.73. The number of benzene rings is 1. The summed E-state index contributed by atoms with van der Waals surface area (Å²) in [4.78, 5) is 0. The van der Waals surface area contributed by atoms with E-state index in [1.165, 1.54) is 6.07 Å². The molecule has 0 aliphatic rings. The predicted molar refractivity (Wildman–Crippen MR) is 62.7 cm³/mol. The van der Waals surface area contributed by atoms with Gasteiger partial charge in [0.1, 0.15) is 5.82 Å². The van der Waals surface area contributed by atoms with Crippen LogP contribution in [0.1, 0.15) is 37.4 Å². The molecule has 0 amide bonds. The summed E-state index contributed by atoms with van der Waals surface area (Å²) >= 11 is 0. The van der Waals surface area contributed by atoms with Gasteiger partial charge in [-0.25, -0.2) is 4.39 Å². The van der Waals surface area contributed by atoms with Gasteiger partial charge in [0.25, 0.3) is 0 Å². The highest BCUT2D eigenvalue weighted by molar-refractivity contribution is 5.28. The van der Waals surface area contributed by atoms with Crippen molar-refractivity contribution in [3.05, 3.63) is 35.1 Å². The summed E-state index contributed by atoms with van der Waals surface area (Å²) in [6.07, 6.45) is -3.79. The zero-order chi connectivity index (χ0) is 13.9. The molecule has 0 saturated carbocycles. The highest BCUT2D eigenvalue weighted by Gasteiger charge is 2.34. The molecule has 2 atom stereocenters. The Bertz CT molecular complexity index is 400. The van der Waals surface area contributed by atoms with Crippen LogP contribution in [0.4, 0.5) is 17.6 Å². The van der Waals surface area contributed by atoms with Gasteiger partial charge >= 0.3 is 6.18 Å². The number of alkyl halides is 3. The molecule has 102 valence electrons. The van der Waals surface area contributed by atoms with E-state index in [1.807, 2.05) is 13.8 Å². The van der Waals surface area contributed by atoms with Gasteiger partial charge in [-0.3, -0.25) is 0 Å². The Morgan fingerprint density at radius 1 is 1.28 bits per heavy atom. The molecule has 0 spiro atoms. The number of hydrogen-bond donors (Lipinski definition) is 1. The Morgan fingerprint density at radius 2 is 1.89 bits per heavy atom. The van der Waals surface area contributed by atoms with Gasteiger partial charge in [0.15, 0.2) is 0 Å². The van der Waals surface area contributed by atoms with Crippen molar-refractivity contribution in [1.82, 2.24) is 5.32 Å². The zero-order valence-electron chi connectivity index (χ0n) is 10.6. The number of hydrogen-bond acceptors (Lipinski definition) is 1. The second-order valence-corrected chi connectivity index (χ2v) is 4.39. The lowest BCUT2D eigenvalue weighted by Gasteiger charge is -2.23. The Labute approximate surface area is 104 Å². The van der Waals surface area contributed by atoms with Crippen LogP contribution in [0.15, 0.2) is 18.2 Å². The molecule has 0 bridgehead atoms. The highest BCUT2D eigenvalue weighted by atomic mass is 19.4. The topological polar surface area (TPSA) is 12.0 Å². The molecular formula is C13H17F4N. The minimum atomic E-state index is -4.64. The smallest absolute Gasteiger partial charge is 0.313 e. The molecule has 1 aromatic carbocycles. The van der Waals surface area contributed by atoms with Crippen LogP contribution in [0.25, 0.3) is 0 Å². The molecule has 0 saturated heterocycles. The number of halogens is 4. The summed E-state index contributed by atoms with van der Waals surface area (Å²) < 4.78 is 50.8. The lowest BCUT2D eigenvalue weighted by atomic mass is 9.92. The fourth-order valence-electron chi connectivity index (χ4n) is 1.97. The molecule has 0 radical (unpaired) electrons. The quantitative estimate of drug-likeness (QED) is 0.805. The van der Waals surface area contributed by atoms with Crippen LogP contribution in [0.3, 0.4) is 0 Å². The van der Waals surface area contributed by atoms with Crippen LogP contribution in [-0.2, 0) is 6.18 Å². The fraction of sp³-hybridized carbons (Fsp3) is 0.538. The summed E-state index contributed by atoms with van der Waals surface area (Å²) in [5.41, 5.74) is -0.678. The molecule has 0 aromatic heterocycles. The Balaban J connectivity index is 3.10. The van der Waals surface area contributed by atoms with Crippen molar-refractivity contribution in [3.8, 4) is 0 Å². The summed E-state index contributed by atoms with van der Waals surface area (Å²) in [5, 5.41) is 3.01. The van der Waals surface area contributed by atoms with E-state index in [1.54, 1.807) is 7.05 Å². The minimum Gasteiger partial charge on any atom is -0.313 e. The van der Waals surface area contributed by atoms with Crippen LogP contribution in [0.5, 0.6) is 0 Å². The number of nitrogens with one attached hydrogen (secondary N) is 1. The molecule has 1 nitrogen and oxygen atoms in total. The molecule has 5 heteroatoms. The minimum absolute atomic E-state index is 0.146. The third-order valence-electron chi connectivity index (χ3n) is 3.18. The van der Waals surface area contributed by atoms with Gasteiger partial charge < -0.3 is 5.32 Å². The molecule has 0 heterocycles. The molecule has 1 aromatic rings. The Morgan fingerprint density at radius 3 is 2.28 bits per heavy atom. The number of rotatable bonds is 4. The van der Waals surface area contributed by atoms with Gasteiger partial charge in [-0.15, -0.1) is 0 Å². The van der Waals surface area contributed by atoms with Crippen molar-refractivity contribution in [2.24, 2.45) is 5.92 Å².